The number of hydroxylamine groups is 2. The molecule has 0 saturated heterocycles. The van der Waals surface area contributed by atoms with Crippen LogP contribution in [0.1, 0.15) is 5.56 Å². The molecule has 0 radical (unpaired) electrons. The zero-order valence-electron chi connectivity index (χ0n) is 8.01. The molecule has 0 aromatic heterocycles. The van der Waals surface area contributed by atoms with Gasteiger partial charge >= 0.3 is 5.97 Å². The van der Waals surface area contributed by atoms with Crippen molar-refractivity contribution in [1.29, 1.82) is 0 Å². The molecule has 14 heavy (non-hydrogen) atoms. The van der Waals surface area contributed by atoms with Crippen molar-refractivity contribution in [2.45, 2.75) is 6.61 Å². The Kier molecular flexibility index (Phi) is 4.10. The van der Waals surface area contributed by atoms with Crippen LogP contribution in [0, 0.1) is 0 Å². The first-order valence-electron chi connectivity index (χ1n) is 4.28. The number of hydrogen-bond acceptors (Lipinski definition) is 4. The Morgan fingerprint density at radius 2 is 2.07 bits per heavy atom. The largest absolute Gasteiger partial charge is 0.460 e. The van der Waals surface area contributed by atoms with E-state index in [0.29, 0.717) is 0 Å². The average Bonchev–Trinajstić information content (AvgIpc) is 2.15. The van der Waals surface area contributed by atoms with Crippen LogP contribution in [0.4, 0.5) is 0 Å². The monoisotopic (exact) mass is 195 g/mol. The van der Waals surface area contributed by atoms with Gasteiger partial charge in [0.1, 0.15) is 13.2 Å². The van der Waals surface area contributed by atoms with Gasteiger partial charge in [-0.3, -0.25) is 4.79 Å². The predicted molar refractivity (Wildman–Crippen MR) is 50.7 cm³/mol. The Balaban J connectivity index is 2.31. The van der Waals surface area contributed by atoms with Crippen LogP contribution in [0.15, 0.2) is 30.3 Å². The summed E-state index contributed by atoms with van der Waals surface area (Å²) in [7, 11) is 1.39. The second-order valence-corrected chi connectivity index (χ2v) is 2.96. The molecule has 1 aromatic carbocycles. The number of likely N-dealkylation sites (N-methyl/N-ethyl adjacent to an activating group) is 1. The summed E-state index contributed by atoms with van der Waals surface area (Å²) in [5.74, 6) is -0.446. The quantitative estimate of drug-likeness (QED) is 0.576. The van der Waals surface area contributed by atoms with Gasteiger partial charge in [-0.05, 0) is 5.56 Å². The lowest BCUT2D eigenvalue weighted by atomic mass is 10.2. The van der Waals surface area contributed by atoms with E-state index >= 15 is 0 Å². The minimum atomic E-state index is -0.446. The summed E-state index contributed by atoms with van der Waals surface area (Å²) >= 11 is 0. The molecule has 0 unspecified atom stereocenters. The molecule has 0 saturated carbocycles. The van der Waals surface area contributed by atoms with E-state index in [2.05, 4.69) is 0 Å². The van der Waals surface area contributed by atoms with Gasteiger partial charge in [0.05, 0.1) is 0 Å². The molecule has 0 amide bonds. The van der Waals surface area contributed by atoms with Crippen molar-refractivity contribution in [3.8, 4) is 0 Å². The van der Waals surface area contributed by atoms with Crippen molar-refractivity contribution in [2.24, 2.45) is 0 Å². The highest BCUT2D eigenvalue weighted by atomic mass is 16.5. The number of carbonyl (C=O) groups excluding carboxylic acids is 1. The summed E-state index contributed by atoms with van der Waals surface area (Å²) in [5, 5.41) is 9.54. The molecular formula is C10H13NO3. The Hall–Kier alpha value is -1.39. The summed E-state index contributed by atoms with van der Waals surface area (Å²) in [6.45, 7) is 0.125. The van der Waals surface area contributed by atoms with E-state index in [1.165, 1.54) is 7.05 Å². The lowest BCUT2D eigenvalue weighted by Crippen LogP contribution is -2.23. The van der Waals surface area contributed by atoms with Gasteiger partial charge in [-0.2, -0.15) is 5.06 Å². The molecule has 0 spiro atoms. The van der Waals surface area contributed by atoms with Gasteiger partial charge in [-0.1, -0.05) is 30.3 Å². The van der Waals surface area contributed by atoms with Gasteiger partial charge in [0.15, 0.2) is 0 Å². The summed E-state index contributed by atoms with van der Waals surface area (Å²) in [6.07, 6.45) is 0. The first kappa shape index (κ1) is 10.7. The van der Waals surface area contributed by atoms with Gasteiger partial charge in [0, 0.05) is 7.05 Å². The molecule has 4 heteroatoms. The lowest BCUT2D eigenvalue weighted by Gasteiger charge is -2.07. The van der Waals surface area contributed by atoms with Crippen LogP contribution in [-0.4, -0.2) is 29.8 Å². The molecule has 0 aliphatic carbocycles. The van der Waals surface area contributed by atoms with Crippen LogP contribution >= 0.6 is 0 Å². The third-order valence-corrected chi connectivity index (χ3v) is 1.60. The van der Waals surface area contributed by atoms with Crippen LogP contribution in [0.5, 0.6) is 0 Å². The Morgan fingerprint density at radius 1 is 1.43 bits per heavy atom. The van der Waals surface area contributed by atoms with E-state index in [0.717, 1.165) is 10.6 Å². The minimum absolute atomic E-state index is 0.118. The molecule has 0 heterocycles. The third-order valence-electron chi connectivity index (χ3n) is 1.60. The first-order valence-corrected chi connectivity index (χ1v) is 4.28. The van der Waals surface area contributed by atoms with Crippen molar-refractivity contribution in [3.05, 3.63) is 35.9 Å². The molecule has 0 aliphatic rings. The maximum atomic E-state index is 11.0. The highest BCUT2D eigenvalue weighted by molar-refractivity contribution is 5.71. The van der Waals surface area contributed by atoms with Gasteiger partial charge in [0.25, 0.3) is 0 Å². The van der Waals surface area contributed by atoms with Crippen molar-refractivity contribution in [1.82, 2.24) is 5.06 Å². The van der Waals surface area contributed by atoms with Crippen LogP contribution in [0.3, 0.4) is 0 Å². The van der Waals surface area contributed by atoms with Crippen molar-refractivity contribution < 1.29 is 14.7 Å². The summed E-state index contributed by atoms with van der Waals surface area (Å²) < 4.78 is 4.90. The summed E-state index contributed by atoms with van der Waals surface area (Å²) in [5.41, 5.74) is 0.932. The Labute approximate surface area is 82.7 Å². The second kappa shape index (κ2) is 5.36. The van der Waals surface area contributed by atoms with Crippen LogP contribution < -0.4 is 0 Å². The number of rotatable bonds is 4. The van der Waals surface area contributed by atoms with Crippen molar-refractivity contribution in [3.63, 3.8) is 0 Å². The van der Waals surface area contributed by atoms with Gasteiger partial charge < -0.3 is 9.94 Å². The van der Waals surface area contributed by atoms with Gasteiger partial charge in [0.2, 0.25) is 0 Å². The van der Waals surface area contributed by atoms with E-state index in [9.17, 15) is 4.79 Å². The van der Waals surface area contributed by atoms with E-state index in [1.54, 1.807) is 0 Å². The second-order valence-electron chi connectivity index (χ2n) is 2.96. The maximum Gasteiger partial charge on any atom is 0.322 e. The zero-order valence-corrected chi connectivity index (χ0v) is 8.01. The molecule has 1 rings (SSSR count). The van der Waals surface area contributed by atoms with Crippen molar-refractivity contribution in [2.75, 3.05) is 13.6 Å². The fraction of sp³-hybridized carbons (Fsp3) is 0.300. The number of esters is 1. The van der Waals surface area contributed by atoms with Crippen LogP contribution in [-0.2, 0) is 16.1 Å². The van der Waals surface area contributed by atoms with Crippen molar-refractivity contribution >= 4 is 5.97 Å². The molecule has 76 valence electrons. The number of carbonyl (C=O) groups is 1. The lowest BCUT2D eigenvalue weighted by molar-refractivity contribution is -0.156. The molecule has 0 aliphatic heterocycles. The predicted octanol–water partition coefficient (Wildman–Crippen LogP) is 1.05. The molecule has 0 fully saturated rings. The number of benzene rings is 1. The highest BCUT2D eigenvalue weighted by Crippen LogP contribution is 2.00. The first-order chi connectivity index (χ1) is 6.68. The molecule has 4 nitrogen and oxygen atoms in total. The van der Waals surface area contributed by atoms with E-state index in [1.807, 2.05) is 30.3 Å². The Morgan fingerprint density at radius 3 is 2.64 bits per heavy atom. The number of ether oxygens (including phenoxy) is 1. The smallest absolute Gasteiger partial charge is 0.322 e. The van der Waals surface area contributed by atoms with E-state index in [4.69, 9.17) is 9.94 Å². The summed E-state index contributed by atoms with van der Waals surface area (Å²) in [4.78, 5) is 11.0. The van der Waals surface area contributed by atoms with Gasteiger partial charge in [-0.15, -0.1) is 0 Å². The zero-order chi connectivity index (χ0) is 10.4. The fourth-order valence-corrected chi connectivity index (χ4v) is 0.971. The number of nitrogens with zero attached hydrogens (tertiary/aromatic N) is 1. The van der Waals surface area contributed by atoms with E-state index < -0.39 is 5.97 Å². The minimum Gasteiger partial charge on any atom is -0.460 e. The molecule has 0 bridgehead atoms. The van der Waals surface area contributed by atoms with Crippen LogP contribution in [0.25, 0.3) is 0 Å². The molecule has 0 atom stereocenters. The van der Waals surface area contributed by atoms with E-state index in [-0.39, 0.29) is 13.2 Å². The number of hydrogen-bond donors (Lipinski definition) is 1. The fourth-order valence-electron chi connectivity index (χ4n) is 0.971. The SMILES string of the molecule is CN(O)CC(=O)OCc1ccccc1. The topological polar surface area (TPSA) is 49.8 Å². The molecule has 1 aromatic rings. The van der Waals surface area contributed by atoms with Gasteiger partial charge in [-0.25, -0.2) is 0 Å². The third kappa shape index (κ3) is 4.02. The summed E-state index contributed by atoms with van der Waals surface area (Å²) in [6, 6.07) is 9.39. The molecular weight excluding hydrogens is 182 g/mol. The standard InChI is InChI=1S/C10H13NO3/c1-11(13)7-10(12)14-8-9-5-3-2-4-6-9/h2-6,13H,7-8H2,1H3. The normalized spacial score (nSPS) is 10.2. The highest BCUT2D eigenvalue weighted by Gasteiger charge is 2.04. The Bertz CT molecular complexity index is 285. The average molecular weight is 195 g/mol. The van der Waals surface area contributed by atoms with Crippen LogP contribution in [0.2, 0.25) is 0 Å². The molecule has 1 N–H and O–H groups in total. The maximum absolute atomic E-state index is 11.0.